The number of halogens is 1. The van der Waals surface area contributed by atoms with E-state index in [1.54, 1.807) is 36.2 Å². The highest BCUT2D eigenvalue weighted by molar-refractivity contribution is 5.90. The number of hydrogen-bond donors (Lipinski definition) is 1. The van der Waals surface area contributed by atoms with Gasteiger partial charge in [-0.3, -0.25) is 9.59 Å². The van der Waals surface area contributed by atoms with Crippen LogP contribution in [0.1, 0.15) is 23.8 Å². The number of benzene rings is 1. The van der Waals surface area contributed by atoms with Crippen molar-refractivity contribution in [2.24, 2.45) is 5.92 Å². The second-order valence-corrected chi connectivity index (χ2v) is 5.61. The van der Waals surface area contributed by atoms with Gasteiger partial charge in [-0.05, 0) is 29.8 Å². The zero-order valence-electron chi connectivity index (χ0n) is 12.7. The third-order valence-corrected chi connectivity index (χ3v) is 4.15. The molecule has 1 aliphatic heterocycles. The van der Waals surface area contributed by atoms with E-state index in [0.29, 0.717) is 5.76 Å². The lowest BCUT2D eigenvalue weighted by molar-refractivity contribution is -0.128. The number of carbonyl (C=O) groups is 2. The summed E-state index contributed by atoms with van der Waals surface area (Å²) in [5, 5.41) is 2.79. The molecule has 6 heteroatoms. The molecule has 0 unspecified atom stereocenters. The number of rotatable bonds is 4. The van der Waals surface area contributed by atoms with Crippen LogP contribution in [0.25, 0.3) is 0 Å². The molecule has 0 bridgehead atoms. The van der Waals surface area contributed by atoms with Crippen molar-refractivity contribution in [2.45, 2.75) is 19.0 Å². The van der Waals surface area contributed by atoms with Crippen molar-refractivity contribution in [1.82, 2.24) is 10.2 Å². The molecule has 2 atom stereocenters. The van der Waals surface area contributed by atoms with Gasteiger partial charge >= 0.3 is 0 Å². The fourth-order valence-corrected chi connectivity index (χ4v) is 2.94. The quantitative estimate of drug-likeness (QED) is 0.941. The predicted molar refractivity (Wildman–Crippen MR) is 80.6 cm³/mol. The summed E-state index contributed by atoms with van der Waals surface area (Å²) in [5.74, 6) is -0.521. The average Bonchev–Trinajstić information content (AvgIpc) is 3.15. The summed E-state index contributed by atoms with van der Waals surface area (Å²) < 4.78 is 18.3. The van der Waals surface area contributed by atoms with Gasteiger partial charge in [0.25, 0.3) is 0 Å². The number of furan rings is 1. The molecule has 1 aliphatic rings. The Labute approximate surface area is 133 Å². The van der Waals surface area contributed by atoms with E-state index in [0.717, 1.165) is 5.56 Å². The lowest BCUT2D eigenvalue weighted by Gasteiger charge is -2.24. The van der Waals surface area contributed by atoms with Crippen molar-refractivity contribution >= 4 is 11.8 Å². The first-order valence-electron chi connectivity index (χ1n) is 7.37. The maximum Gasteiger partial charge on any atom is 0.226 e. The Morgan fingerprint density at radius 1 is 1.35 bits per heavy atom. The maximum atomic E-state index is 13.1. The summed E-state index contributed by atoms with van der Waals surface area (Å²) in [6.45, 7) is 0.274. The summed E-state index contributed by atoms with van der Waals surface area (Å²) in [5.41, 5.74) is 0.748. The van der Waals surface area contributed by atoms with Gasteiger partial charge in [-0.2, -0.15) is 0 Å². The van der Waals surface area contributed by atoms with Gasteiger partial charge in [0, 0.05) is 13.5 Å². The number of hydrogen-bond acceptors (Lipinski definition) is 3. The van der Waals surface area contributed by atoms with Crippen LogP contribution in [0.2, 0.25) is 0 Å². The molecule has 0 aliphatic carbocycles. The normalized spacial score (nSPS) is 20.8. The van der Waals surface area contributed by atoms with Gasteiger partial charge in [0.2, 0.25) is 11.8 Å². The molecule has 2 amide bonds. The van der Waals surface area contributed by atoms with E-state index in [9.17, 15) is 14.0 Å². The van der Waals surface area contributed by atoms with E-state index in [4.69, 9.17) is 4.42 Å². The summed E-state index contributed by atoms with van der Waals surface area (Å²) in [7, 11) is 1.66. The molecule has 0 spiro atoms. The SMILES string of the molecule is CN1C(=O)C[C@@H](C(=O)NCc2ccco2)[C@H]1c1ccc(F)cc1. The minimum absolute atomic E-state index is 0.0996. The van der Waals surface area contributed by atoms with Gasteiger partial charge in [0.1, 0.15) is 11.6 Å². The van der Waals surface area contributed by atoms with Crippen molar-refractivity contribution in [3.63, 3.8) is 0 Å². The maximum absolute atomic E-state index is 13.1. The molecule has 1 saturated heterocycles. The molecule has 3 rings (SSSR count). The van der Waals surface area contributed by atoms with Gasteiger partial charge in [-0.1, -0.05) is 12.1 Å². The van der Waals surface area contributed by atoms with Crippen LogP contribution in [-0.2, 0) is 16.1 Å². The van der Waals surface area contributed by atoms with Crippen LogP contribution in [0, 0.1) is 11.7 Å². The number of amides is 2. The van der Waals surface area contributed by atoms with Crippen molar-refractivity contribution < 1.29 is 18.4 Å². The molecule has 1 aromatic carbocycles. The minimum Gasteiger partial charge on any atom is -0.467 e. The highest BCUT2D eigenvalue weighted by Gasteiger charge is 2.42. The molecule has 1 N–H and O–H groups in total. The Bertz CT molecular complexity index is 697. The second-order valence-electron chi connectivity index (χ2n) is 5.61. The van der Waals surface area contributed by atoms with Crippen LogP contribution in [0.4, 0.5) is 4.39 Å². The van der Waals surface area contributed by atoms with Crippen molar-refractivity contribution in [2.75, 3.05) is 7.05 Å². The summed E-state index contributed by atoms with van der Waals surface area (Å²) in [4.78, 5) is 26.0. The Morgan fingerprint density at radius 2 is 2.09 bits per heavy atom. The highest BCUT2D eigenvalue weighted by Crippen LogP contribution is 2.37. The average molecular weight is 316 g/mol. The molecule has 23 heavy (non-hydrogen) atoms. The molecule has 0 radical (unpaired) electrons. The summed E-state index contributed by atoms with van der Waals surface area (Å²) in [6.07, 6.45) is 1.68. The lowest BCUT2D eigenvalue weighted by atomic mass is 9.93. The van der Waals surface area contributed by atoms with E-state index in [-0.39, 0.29) is 36.6 Å². The van der Waals surface area contributed by atoms with Crippen LogP contribution in [0.15, 0.2) is 47.1 Å². The number of nitrogens with one attached hydrogen (secondary N) is 1. The van der Waals surface area contributed by atoms with Crippen LogP contribution in [0.5, 0.6) is 0 Å². The Morgan fingerprint density at radius 3 is 2.74 bits per heavy atom. The van der Waals surface area contributed by atoms with E-state index < -0.39 is 5.92 Å². The van der Waals surface area contributed by atoms with Gasteiger partial charge in [-0.15, -0.1) is 0 Å². The Hall–Kier alpha value is -2.63. The first-order valence-corrected chi connectivity index (χ1v) is 7.37. The molecule has 5 nitrogen and oxygen atoms in total. The minimum atomic E-state index is -0.507. The number of nitrogens with zero attached hydrogens (tertiary/aromatic N) is 1. The Balaban J connectivity index is 1.76. The first kappa shape index (κ1) is 15.3. The van der Waals surface area contributed by atoms with Gasteiger partial charge in [0.05, 0.1) is 24.8 Å². The third-order valence-electron chi connectivity index (χ3n) is 4.15. The number of carbonyl (C=O) groups excluding carboxylic acids is 2. The predicted octanol–water partition coefficient (Wildman–Crippen LogP) is 2.25. The first-order chi connectivity index (χ1) is 11.1. The van der Waals surface area contributed by atoms with Gasteiger partial charge in [0.15, 0.2) is 0 Å². The zero-order chi connectivity index (χ0) is 16.4. The molecular formula is C17H17FN2O3. The monoisotopic (exact) mass is 316 g/mol. The van der Waals surface area contributed by atoms with E-state index in [2.05, 4.69) is 5.32 Å². The van der Waals surface area contributed by atoms with Gasteiger partial charge in [-0.25, -0.2) is 4.39 Å². The smallest absolute Gasteiger partial charge is 0.226 e. The molecular weight excluding hydrogens is 299 g/mol. The van der Waals surface area contributed by atoms with Crippen molar-refractivity contribution in [3.05, 3.63) is 59.8 Å². The van der Waals surface area contributed by atoms with Crippen molar-refractivity contribution in [3.8, 4) is 0 Å². The second kappa shape index (κ2) is 6.24. The molecule has 2 heterocycles. The largest absolute Gasteiger partial charge is 0.467 e. The molecule has 1 aromatic heterocycles. The van der Waals surface area contributed by atoms with E-state index in [1.807, 2.05) is 0 Å². The molecule has 2 aromatic rings. The fourth-order valence-electron chi connectivity index (χ4n) is 2.94. The zero-order valence-corrected chi connectivity index (χ0v) is 12.7. The van der Waals surface area contributed by atoms with E-state index >= 15 is 0 Å². The third kappa shape index (κ3) is 3.11. The fraction of sp³-hybridized carbons (Fsp3) is 0.294. The summed E-state index contributed by atoms with van der Waals surface area (Å²) >= 11 is 0. The van der Waals surface area contributed by atoms with Crippen LogP contribution >= 0.6 is 0 Å². The van der Waals surface area contributed by atoms with Crippen LogP contribution < -0.4 is 5.32 Å². The van der Waals surface area contributed by atoms with Crippen LogP contribution in [0.3, 0.4) is 0 Å². The standard InChI is InChI=1S/C17H17FN2O3/c1-20-15(21)9-14(16(20)11-4-6-12(18)7-5-11)17(22)19-10-13-3-2-8-23-13/h2-8,14,16H,9-10H2,1H3,(H,19,22)/t14-,16-/m1/s1. The van der Waals surface area contributed by atoms with Crippen LogP contribution in [-0.4, -0.2) is 23.8 Å². The molecule has 120 valence electrons. The molecule has 0 saturated carbocycles. The highest BCUT2D eigenvalue weighted by atomic mass is 19.1. The molecule has 1 fully saturated rings. The van der Waals surface area contributed by atoms with Crippen molar-refractivity contribution in [1.29, 1.82) is 0 Å². The van der Waals surface area contributed by atoms with Gasteiger partial charge < -0.3 is 14.6 Å². The number of likely N-dealkylation sites (tertiary alicyclic amines) is 1. The van der Waals surface area contributed by atoms with E-state index in [1.165, 1.54) is 18.4 Å². The lowest BCUT2D eigenvalue weighted by Crippen LogP contribution is -2.34. The topological polar surface area (TPSA) is 62.6 Å². The Kier molecular flexibility index (Phi) is 4.14. The summed E-state index contributed by atoms with van der Waals surface area (Å²) in [6, 6.07) is 9.02.